The average Bonchev–Trinajstić information content (AvgIpc) is 2.86. The van der Waals surface area contributed by atoms with Crippen LogP contribution in [-0.2, 0) is 6.42 Å². The van der Waals surface area contributed by atoms with Crippen LogP contribution in [0.25, 0.3) is 0 Å². The predicted octanol–water partition coefficient (Wildman–Crippen LogP) is 2.46. The molecule has 0 bridgehead atoms. The number of hydrazine groups is 1. The van der Waals surface area contributed by atoms with E-state index in [-0.39, 0.29) is 17.8 Å². The van der Waals surface area contributed by atoms with Crippen LogP contribution in [0.3, 0.4) is 0 Å². The number of nitrogens with two attached hydrogens (primary N) is 1. The molecule has 1 aliphatic rings. The monoisotopic (exact) mass is 257 g/mol. The van der Waals surface area contributed by atoms with Crippen LogP contribution in [0, 0.1) is 5.82 Å². The number of nitrogens with zero attached hydrogens (tertiary/aromatic N) is 1. The maximum atomic E-state index is 13.0. The Labute approximate surface area is 111 Å². The van der Waals surface area contributed by atoms with Gasteiger partial charge in [0.15, 0.2) is 0 Å². The molecule has 3 nitrogen and oxygen atoms in total. The van der Waals surface area contributed by atoms with E-state index >= 15 is 0 Å². The van der Waals surface area contributed by atoms with Crippen molar-refractivity contribution in [1.82, 2.24) is 10.4 Å². The molecule has 3 rings (SSSR count). The molecule has 1 aromatic heterocycles. The molecule has 0 saturated heterocycles. The maximum Gasteiger partial charge on any atom is 0.123 e. The zero-order valence-corrected chi connectivity index (χ0v) is 10.5. The van der Waals surface area contributed by atoms with E-state index in [2.05, 4.69) is 16.5 Å². The zero-order valence-electron chi connectivity index (χ0n) is 10.5. The molecule has 2 unspecified atom stereocenters. The Hall–Kier alpha value is -1.78. The van der Waals surface area contributed by atoms with E-state index in [9.17, 15) is 4.39 Å². The van der Waals surface area contributed by atoms with Crippen molar-refractivity contribution < 1.29 is 4.39 Å². The highest BCUT2D eigenvalue weighted by Crippen LogP contribution is 2.39. The van der Waals surface area contributed by atoms with Crippen LogP contribution in [0.5, 0.6) is 0 Å². The molecule has 3 N–H and O–H groups in total. The van der Waals surface area contributed by atoms with E-state index in [1.807, 2.05) is 12.3 Å². The molecule has 0 amide bonds. The molecule has 2 atom stereocenters. The maximum absolute atomic E-state index is 13.0. The van der Waals surface area contributed by atoms with Gasteiger partial charge in [0.05, 0.1) is 6.04 Å². The van der Waals surface area contributed by atoms with Crippen molar-refractivity contribution in [2.75, 3.05) is 0 Å². The van der Waals surface area contributed by atoms with Crippen molar-refractivity contribution in [3.8, 4) is 0 Å². The summed E-state index contributed by atoms with van der Waals surface area (Å²) in [6.07, 6.45) is 3.85. The van der Waals surface area contributed by atoms with Crippen LogP contribution < -0.4 is 11.3 Å². The van der Waals surface area contributed by atoms with Crippen molar-refractivity contribution >= 4 is 0 Å². The van der Waals surface area contributed by atoms with E-state index in [1.54, 1.807) is 12.1 Å². The predicted molar refractivity (Wildman–Crippen MR) is 71.8 cm³/mol. The number of aryl methyl sites for hydroxylation is 1. The minimum Gasteiger partial charge on any atom is -0.271 e. The number of nitrogens with one attached hydrogen (secondary N) is 1. The zero-order chi connectivity index (χ0) is 13.2. The number of rotatable bonds is 3. The lowest BCUT2D eigenvalue weighted by atomic mass is 9.91. The highest BCUT2D eigenvalue weighted by molar-refractivity contribution is 5.33. The summed E-state index contributed by atoms with van der Waals surface area (Å²) in [6.45, 7) is 0. The topological polar surface area (TPSA) is 50.9 Å². The molecule has 0 fully saturated rings. The van der Waals surface area contributed by atoms with Crippen molar-refractivity contribution in [2.24, 2.45) is 5.84 Å². The first-order chi connectivity index (χ1) is 9.29. The number of halogens is 1. The molecule has 4 heteroatoms. The smallest absolute Gasteiger partial charge is 0.123 e. The number of fused-ring (bicyclic) bond motifs is 1. The number of benzene rings is 1. The minimum absolute atomic E-state index is 0.0308. The summed E-state index contributed by atoms with van der Waals surface area (Å²) in [5.41, 5.74) is 6.24. The molecule has 2 aromatic rings. The van der Waals surface area contributed by atoms with Crippen LogP contribution in [0.4, 0.5) is 4.39 Å². The molecule has 0 aliphatic heterocycles. The molecule has 0 spiro atoms. The third kappa shape index (κ3) is 2.25. The fraction of sp³-hybridized carbons (Fsp3) is 0.267. The van der Waals surface area contributed by atoms with Crippen molar-refractivity contribution in [3.63, 3.8) is 0 Å². The van der Waals surface area contributed by atoms with E-state index in [4.69, 9.17) is 5.84 Å². The van der Waals surface area contributed by atoms with Crippen LogP contribution in [0.2, 0.25) is 0 Å². The van der Waals surface area contributed by atoms with E-state index < -0.39 is 0 Å². The Balaban J connectivity index is 1.94. The number of hydrogen-bond acceptors (Lipinski definition) is 3. The first-order valence-corrected chi connectivity index (χ1v) is 6.45. The van der Waals surface area contributed by atoms with Gasteiger partial charge in [-0.05, 0) is 42.2 Å². The molecule has 1 aromatic carbocycles. The van der Waals surface area contributed by atoms with Gasteiger partial charge in [-0.15, -0.1) is 0 Å². The second-order valence-electron chi connectivity index (χ2n) is 4.89. The first-order valence-electron chi connectivity index (χ1n) is 6.45. The molecule has 19 heavy (non-hydrogen) atoms. The fourth-order valence-corrected chi connectivity index (χ4v) is 2.88. The third-order valence-corrected chi connectivity index (χ3v) is 3.81. The molecule has 98 valence electrons. The first kappa shape index (κ1) is 12.3. The van der Waals surface area contributed by atoms with Crippen molar-refractivity contribution in [3.05, 3.63) is 65.2 Å². The van der Waals surface area contributed by atoms with Crippen molar-refractivity contribution in [2.45, 2.75) is 24.8 Å². The van der Waals surface area contributed by atoms with E-state index in [0.29, 0.717) is 0 Å². The van der Waals surface area contributed by atoms with Gasteiger partial charge in [0.25, 0.3) is 0 Å². The quantitative estimate of drug-likeness (QED) is 0.656. The van der Waals surface area contributed by atoms with Crippen molar-refractivity contribution in [1.29, 1.82) is 0 Å². The van der Waals surface area contributed by atoms with Crippen LogP contribution in [0.15, 0.2) is 42.6 Å². The van der Waals surface area contributed by atoms with Gasteiger partial charge in [-0.2, -0.15) is 0 Å². The third-order valence-electron chi connectivity index (χ3n) is 3.81. The largest absolute Gasteiger partial charge is 0.271 e. The van der Waals surface area contributed by atoms with Crippen LogP contribution >= 0.6 is 0 Å². The standard InChI is InChI=1S/C15H16FN3/c16-12-6-3-11(4-7-12)15(19-17)13-8-5-10-2-1-9-18-14(10)13/h1-4,6-7,9,13,15,19H,5,8,17H2. The number of pyridine rings is 1. The summed E-state index contributed by atoms with van der Waals surface area (Å²) in [5, 5.41) is 0. The molecule has 1 heterocycles. The summed E-state index contributed by atoms with van der Waals surface area (Å²) in [7, 11) is 0. The van der Waals surface area contributed by atoms with Gasteiger partial charge in [0.1, 0.15) is 5.82 Å². The van der Waals surface area contributed by atoms with Crippen LogP contribution in [0.1, 0.15) is 35.2 Å². The fourth-order valence-electron chi connectivity index (χ4n) is 2.88. The highest BCUT2D eigenvalue weighted by atomic mass is 19.1. The normalized spacial score (nSPS) is 19.2. The lowest BCUT2D eigenvalue weighted by Crippen LogP contribution is -2.32. The van der Waals surface area contributed by atoms with E-state index in [1.165, 1.54) is 17.7 Å². The van der Waals surface area contributed by atoms with Gasteiger partial charge >= 0.3 is 0 Å². The lowest BCUT2D eigenvalue weighted by Gasteiger charge is -2.23. The van der Waals surface area contributed by atoms with Gasteiger partial charge in [-0.1, -0.05) is 18.2 Å². The summed E-state index contributed by atoms with van der Waals surface area (Å²) >= 11 is 0. The molecule has 0 radical (unpaired) electrons. The molecular formula is C15H16FN3. The Kier molecular flexibility index (Phi) is 3.27. The summed E-state index contributed by atoms with van der Waals surface area (Å²) < 4.78 is 13.0. The Morgan fingerprint density at radius 3 is 2.79 bits per heavy atom. The Morgan fingerprint density at radius 2 is 2.05 bits per heavy atom. The molecular weight excluding hydrogens is 241 g/mol. The molecule has 0 saturated carbocycles. The SMILES string of the molecule is NNC(c1ccc(F)cc1)C1CCc2cccnc21. The minimum atomic E-state index is -0.232. The number of aromatic nitrogens is 1. The van der Waals surface area contributed by atoms with Gasteiger partial charge in [0, 0.05) is 17.8 Å². The van der Waals surface area contributed by atoms with Gasteiger partial charge in [0.2, 0.25) is 0 Å². The lowest BCUT2D eigenvalue weighted by molar-refractivity contribution is 0.446. The van der Waals surface area contributed by atoms with Crippen LogP contribution in [-0.4, -0.2) is 4.98 Å². The average molecular weight is 257 g/mol. The Bertz CT molecular complexity index is 568. The second kappa shape index (κ2) is 5.07. The van der Waals surface area contributed by atoms with Gasteiger partial charge in [-0.25, -0.2) is 4.39 Å². The highest BCUT2D eigenvalue weighted by Gasteiger charge is 2.31. The number of hydrogen-bond donors (Lipinski definition) is 2. The molecule has 1 aliphatic carbocycles. The summed E-state index contributed by atoms with van der Waals surface area (Å²) in [4.78, 5) is 4.48. The summed E-state index contributed by atoms with van der Waals surface area (Å²) in [6, 6.07) is 10.5. The van der Waals surface area contributed by atoms with Gasteiger partial charge in [-0.3, -0.25) is 16.3 Å². The van der Waals surface area contributed by atoms with Gasteiger partial charge < -0.3 is 0 Å². The second-order valence-corrected chi connectivity index (χ2v) is 4.89. The Morgan fingerprint density at radius 1 is 1.26 bits per heavy atom. The summed E-state index contributed by atoms with van der Waals surface area (Å²) in [5.74, 6) is 5.72. The van der Waals surface area contributed by atoms with E-state index in [0.717, 1.165) is 24.1 Å².